The monoisotopic (exact) mass is 424 g/mol. The van der Waals surface area contributed by atoms with Gasteiger partial charge in [-0.1, -0.05) is 37.3 Å². The zero-order chi connectivity index (χ0) is 21.8. The van der Waals surface area contributed by atoms with Gasteiger partial charge in [-0.3, -0.25) is 4.79 Å². The summed E-state index contributed by atoms with van der Waals surface area (Å²) in [6.45, 7) is 2.94. The summed E-state index contributed by atoms with van der Waals surface area (Å²) < 4.78 is 32.7. The fraction of sp³-hybridized carbons (Fsp3) is 0.360. The Labute approximate surface area is 180 Å². The van der Waals surface area contributed by atoms with E-state index in [0.29, 0.717) is 18.2 Å². The minimum atomic E-state index is -0.704. The fourth-order valence-electron chi connectivity index (χ4n) is 4.55. The van der Waals surface area contributed by atoms with Crippen molar-refractivity contribution in [2.24, 2.45) is 0 Å². The van der Waals surface area contributed by atoms with Gasteiger partial charge in [-0.25, -0.2) is 13.8 Å². The summed E-state index contributed by atoms with van der Waals surface area (Å²) in [7, 11) is 0. The van der Waals surface area contributed by atoms with E-state index >= 15 is 0 Å². The Balaban J connectivity index is 1.41. The summed E-state index contributed by atoms with van der Waals surface area (Å²) in [4.78, 5) is 19.2. The molecule has 4 nitrogen and oxygen atoms in total. The Morgan fingerprint density at radius 3 is 2.77 bits per heavy atom. The Hall–Kier alpha value is -3.02. The van der Waals surface area contributed by atoms with Crippen molar-refractivity contribution in [3.05, 3.63) is 77.8 Å². The number of hydrogen-bond acceptors (Lipinski definition) is 3. The van der Waals surface area contributed by atoms with Gasteiger partial charge in [0.1, 0.15) is 11.6 Å². The molecule has 0 spiro atoms. The molecule has 3 aromatic rings. The van der Waals surface area contributed by atoms with Crippen LogP contribution in [0.2, 0.25) is 0 Å². The average Bonchev–Trinajstić information content (AvgIpc) is 3.44. The number of oxazole rings is 1. The highest BCUT2D eigenvalue weighted by molar-refractivity contribution is 5.77. The van der Waals surface area contributed by atoms with Gasteiger partial charge in [0, 0.05) is 37.4 Å². The molecule has 1 aliphatic rings. The lowest BCUT2D eigenvalue weighted by Crippen LogP contribution is -2.39. The maximum atomic E-state index is 14.0. The lowest BCUT2D eigenvalue weighted by Gasteiger charge is -2.31. The van der Waals surface area contributed by atoms with Crippen LogP contribution in [0.3, 0.4) is 0 Å². The van der Waals surface area contributed by atoms with Crippen molar-refractivity contribution in [2.75, 3.05) is 6.54 Å². The van der Waals surface area contributed by atoms with Crippen LogP contribution in [-0.4, -0.2) is 28.4 Å². The zero-order valence-electron chi connectivity index (χ0n) is 17.6. The second kappa shape index (κ2) is 9.41. The Kier molecular flexibility index (Phi) is 6.44. The molecule has 0 N–H and O–H groups in total. The quantitative estimate of drug-likeness (QED) is 0.486. The van der Waals surface area contributed by atoms with Gasteiger partial charge < -0.3 is 9.32 Å². The van der Waals surface area contributed by atoms with Crippen LogP contribution < -0.4 is 0 Å². The minimum absolute atomic E-state index is 0.0876. The molecule has 31 heavy (non-hydrogen) atoms. The Morgan fingerprint density at radius 1 is 1.23 bits per heavy atom. The molecule has 1 aromatic heterocycles. The number of amides is 1. The van der Waals surface area contributed by atoms with Crippen LogP contribution >= 0.6 is 0 Å². The SMILES string of the molecule is CC[C@H](c1ccccc1)[C@H]1CCCN1C(=O)CCc1ncc(-c2ccc(F)cc2F)o1. The van der Waals surface area contributed by atoms with E-state index in [1.165, 1.54) is 23.9 Å². The summed E-state index contributed by atoms with van der Waals surface area (Å²) >= 11 is 0. The van der Waals surface area contributed by atoms with Gasteiger partial charge in [-0.05, 0) is 37.0 Å². The van der Waals surface area contributed by atoms with Crippen LogP contribution in [0.15, 0.2) is 59.1 Å². The average molecular weight is 424 g/mol. The summed E-state index contributed by atoms with van der Waals surface area (Å²) in [5.74, 6) is -0.336. The van der Waals surface area contributed by atoms with E-state index in [-0.39, 0.29) is 29.7 Å². The van der Waals surface area contributed by atoms with Crippen molar-refractivity contribution >= 4 is 5.91 Å². The van der Waals surface area contributed by atoms with Crippen LogP contribution in [0.1, 0.15) is 50.0 Å². The second-order valence-electron chi connectivity index (χ2n) is 7.96. The van der Waals surface area contributed by atoms with Crippen molar-refractivity contribution in [1.82, 2.24) is 9.88 Å². The molecular weight excluding hydrogens is 398 g/mol. The van der Waals surface area contributed by atoms with E-state index in [9.17, 15) is 13.6 Å². The number of hydrogen-bond donors (Lipinski definition) is 0. The molecule has 0 unspecified atom stereocenters. The van der Waals surface area contributed by atoms with E-state index in [4.69, 9.17) is 4.42 Å². The molecule has 1 aliphatic heterocycles. The fourth-order valence-corrected chi connectivity index (χ4v) is 4.55. The number of aromatic nitrogens is 1. The van der Waals surface area contributed by atoms with Crippen LogP contribution in [0.25, 0.3) is 11.3 Å². The molecular formula is C25H26F2N2O2. The van der Waals surface area contributed by atoms with Crippen molar-refractivity contribution < 1.29 is 18.0 Å². The second-order valence-corrected chi connectivity index (χ2v) is 7.96. The Bertz CT molecular complexity index is 1040. The topological polar surface area (TPSA) is 46.3 Å². The molecule has 1 amide bonds. The van der Waals surface area contributed by atoms with Gasteiger partial charge in [-0.15, -0.1) is 0 Å². The standard InChI is InChI=1S/C25H26F2N2O2/c1-2-19(17-7-4-3-5-8-17)22-9-6-14-29(22)25(30)13-12-24-28-16-23(31-24)20-11-10-18(26)15-21(20)27/h3-5,7-8,10-11,15-16,19,22H,2,6,9,12-14H2,1H3/t19-,22-/m1/s1. The third kappa shape index (κ3) is 4.68. The number of benzene rings is 2. The highest BCUT2D eigenvalue weighted by Gasteiger charge is 2.34. The molecule has 0 radical (unpaired) electrons. The maximum Gasteiger partial charge on any atom is 0.223 e. The first-order valence-electron chi connectivity index (χ1n) is 10.8. The molecule has 1 saturated heterocycles. The van der Waals surface area contributed by atoms with Crippen molar-refractivity contribution in [2.45, 2.75) is 51.0 Å². The largest absolute Gasteiger partial charge is 0.441 e. The lowest BCUT2D eigenvalue weighted by atomic mass is 9.87. The first-order chi connectivity index (χ1) is 15.1. The third-order valence-electron chi connectivity index (χ3n) is 6.05. The van der Waals surface area contributed by atoms with E-state index < -0.39 is 11.6 Å². The number of halogens is 2. The maximum absolute atomic E-state index is 14.0. The Morgan fingerprint density at radius 2 is 2.03 bits per heavy atom. The first-order valence-corrected chi connectivity index (χ1v) is 10.8. The molecule has 0 bridgehead atoms. The molecule has 0 saturated carbocycles. The number of aryl methyl sites for hydroxylation is 1. The number of nitrogens with zero attached hydrogens (tertiary/aromatic N) is 2. The van der Waals surface area contributed by atoms with E-state index in [2.05, 4.69) is 24.0 Å². The van der Waals surface area contributed by atoms with Crippen molar-refractivity contribution in [3.8, 4) is 11.3 Å². The predicted molar refractivity (Wildman–Crippen MR) is 114 cm³/mol. The smallest absolute Gasteiger partial charge is 0.223 e. The normalized spacial score (nSPS) is 17.1. The van der Waals surface area contributed by atoms with E-state index in [0.717, 1.165) is 31.9 Å². The summed E-state index contributed by atoms with van der Waals surface area (Å²) in [6, 6.07) is 13.9. The molecule has 162 valence electrons. The van der Waals surface area contributed by atoms with Crippen molar-refractivity contribution in [1.29, 1.82) is 0 Å². The molecule has 4 rings (SSSR count). The highest BCUT2D eigenvalue weighted by atomic mass is 19.1. The summed E-state index contributed by atoms with van der Waals surface area (Å²) in [5, 5.41) is 0. The highest BCUT2D eigenvalue weighted by Crippen LogP contribution is 2.34. The van der Waals surface area contributed by atoms with Gasteiger partial charge in [-0.2, -0.15) is 0 Å². The summed E-state index contributed by atoms with van der Waals surface area (Å²) in [6.07, 6.45) is 5.03. The van der Waals surface area contributed by atoms with Crippen LogP contribution in [0.5, 0.6) is 0 Å². The van der Waals surface area contributed by atoms with Crippen molar-refractivity contribution in [3.63, 3.8) is 0 Å². The van der Waals surface area contributed by atoms with Crippen LogP contribution in [0.4, 0.5) is 8.78 Å². The lowest BCUT2D eigenvalue weighted by molar-refractivity contribution is -0.132. The van der Waals surface area contributed by atoms with Gasteiger partial charge in [0.25, 0.3) is 0 Å². The van der Waals surface area contributed by atoms with Gasteiger partial charge in [0.05, 0.1) is 11.8 Å². The molecule has 0 aliphatic carbocycles. The van der Waals surface area contributed by atoms with Crippen LogP contribution in [0, 0.1) is 11.6 Å². The molecule has 1 fully saturated rings. The zero-order valence-corrected chi connectivity index (χ0v) is 17.6. The van der Waals surface area contributed by atoms with Crippen LogP contribution in [-0.2, 0) is 11.2 Å². The molecule has 2 aromatic carbocycles. The third-order valence-corrected chi connectivity index (χ3v) is 6.05. The number of carbonyl (C=O) groups excluding carboxylic acids is 1. The number of likely N-dealkylation sites (tertiary alicyclic amines) is 1. The minimum Gasteiger partial charge on any atom is -0.441 e. The van der Waals surface area contributed by atoms with Gasteiger partial charge >= 0.3 is 0 Å². The van der Waals surface area contributed by atoms with E-state index in [1.807, 2.05) is 23.1 Å². The summed E-state index contributed by atoms with van der Waals surface area (Å²) in [5.41, 5.74) is 1.42. The van der Waals surface area contributed by atoms with E-state index in [1.54, 1.807) is 0 Å². The molecule has 2 heterocycles. The first kappa shape index (κ1) is 21.2. The predicted octanol–water partition coefficient (Wildman–Crippen LogP) is 5.74. The number of rotatable bonds is 7. The van der Waals surface area contributed by atoms with Gasteiger partial charge in [0.15, 0.2) is 11.7 Å². The molecule has 6 heteroatoms. The van der Waals surface area contributed by atoms with Gasteiger partial charge in [0.2, 0.25) is 5.91 Å². The molecule has 2 atom stereocenters. The number of carbonyl (C=O) groups is 1.